The van der Waals surface area contributed by atoms with Crippen molar-refractivity contribution >= 4 is 5.69 Å². The third-order valence-corrected chi connectivity index (χ3v) is 3.15. The van der Waals surface area contributed by atoms with Crippen molar-refractivity contribution in [2.45, 2.75) is 25.8 Å². The fraction of sp³-hybridized carbons (Fsp3) is 0.500. The number of phenolic OH excluding ortho intramolecular Hbond substituents is 1. The quantitative estimate of drug-likeness (QED) is 0.646. The van der Waals surface area contributed by atoms with E-state index >= 15 is 0 Å². The first-order valence-electron chi connectivity index (χ1n) is 5.86. The molecule has 92 valence electrons. The van der Waals surface area contributed by atoms with Crippen LogP contribution < -0.4 is 0 Å². The molecular weight excluding hydrogens is 220 g/mol. The zero-order valence-electron chi connectivity index (χ0n) is 9.63. The van der Waals surface area contributed by atoms with Gasteiger partial charge < -0.3 is 5.11 Å². The lowest BCUT2D eigenvalue weighted by Gasteiger charge is -2.26. The molecule has 5 heteroatoms. The Kier molecular flexibility index (Phi) is 3.58. The Bertz CT molecular complexity index is 414. The van der Waals surface area contributed by atoms with E-state index < -0.39 is 4.92 Å². The van der Waals surface area contributed by atoms with Crippen LogP contribution >= 0.6 is 0 Å². The number of piperidine rings is 1. The van der Waals surface area contributed by atoms with Gasteiger partial charge in [0.2, 0.25) is 0 Å². The third kappa shape index (κ3) is 2.74. The van der Waals surface area contributed by atoms with E-state index in [1.807, 2.05) is 0 Å². The largest absolute Gasteiger partial charge is 0.507 e. The number of benzene rings is 1. The number of hydrogen-bond donors (Lipinski definition) is 1. The molecule has 0 aromatic heterocycles. The van der Waals surface area contributed by atoms with Gasteiger partial charge in [0.1, 0.15) is 5.75 Å². The van der Waals surface area contributed by atoms with Crippen LogP contribution in [-0.2, 0) is 6.54 Å². The van der Waals surface area contributed by atoms with Gasteiger partial charge in [-0.2, -0.15) is 0 Å². The Morgan fingerprint density at radius 3 is 2.65 bits per heavy atom. The molecule has 5 nitrogen and oxygen atoms in total. The van der Waals surface area contributed by atoms with E-state index in [0.29, 0.717) is 12.1 Å². The van der Waals surface area contributed by atoms with Gasteiger partial charge in [0.15, 0.2) is 0 Å². The molecule has 0 saturated carbocycles. The predicted molar refractivity (Wildman–Crippen MR) is 63.9 cm³/mol. The highest BCUT2D eigenvalue weighted by molar-refractivity contribution is 5.48. The lowest BCUT2D eigenvalue weighted by atomic mass is 10.1. The summed E-state index contributed by atoms with van der Waals surface area (Å²) in [5, 5.41) is 20.6. The van der Waals surface area contributed by atoms with E-state index in [0.717, 1.165) is 25.9 Å². The molecule has 1 N–H and O–H groups in total. The van der Waals surface area contributed by atoms with E-state index in [4.69, 9.17) is 0 Å². The maximum atomic E-state index is 10.9. The van der Waals surface area contributed by atoms with Crippen molar-refractivity contribution in [3.63, 3.8) is 0 Å². The number of likely N-dealkylation sites (tertiary alicyclic amines) is 1. The molecule has 1 fully saturated rings. The van der Waals surface area contributed by atoms with Crippen molar-refractivity contribution in [2.75, 3.05) is 13.1 Å². The molecule has 17 heavy (non-hydrogen) atoms. The molecule has 1 saturated heterocycles. The predicted octanol–water partition coefficient (Wildman–Crippen LogP) is 2.29. The Hall–Kier alpha value is -1.62. The molecule has 0 radical (unpaired) electrons. The standard InChI is InChI=1S/C12H16N2O3/c15-12-6-4-5-11(14(16)17)10(12)9-13-7-2-1-3-8-13/h4-6,15H,1-3,7-9H2. The number of hydrogen-bond acceptors (Lipinski definition) is 4. The van der Waals surface area contributed by atoms with Crippen molar-refractivity contribution in [2.24, 2.45) is 0 Å². The lowest BCUT2D eigenvalue weighted by molar-refractivity contribution is -0.385. The van der Waals surface area contributed by atoms with Gasteiger partial charge in [0.05, 0.1) is 10.5 Å². The van der Waals surface area contributed by atoms with Crippen LogP contribution in [0, 0.1) is 10.1 Å². The Morgan fingerprint density at radius 2 is 2.00 bits per heavy atom. The molecule has 1 aliphatic heterocycles. The average molecular weight is 236 g/mol. The van der Waals surface area contributed by atoms with Gasteiger partial charge in [-0.15, -0.1) is 0 Å². The number of aromatic hydroxyl groups is 1. The minimum Gasteiger partial charge on any atom is -0.507 e. The summed E-state index contributed by atoms with van der Waals surface area (Å²) in [7, 11) is 0. The second kappa shape index (κ2) is 5.14. The minimum atomic E-state index is -0.432. The van der Waals surface area contributed by atoms with E-state index in [1.165, 1.54) is 24.6 Å². The molecule has 1 aromatic rings. The van der Waals surface area contributed by atoms with Crippen molar-refractivity contribution in [3.05, 3.63) is 33.9 Å². The zero-order chi connectivity index (χ0) is 12.3. The molecule has 0 bridgehead atoms. The second-order valence-electron chi connectivity index (χ2n) is 4.37. The van der Waals surface area contributed by atoms with Crippen LogP contribution in [0.2, 0.25) is 0 Å². The third-order valence-electron chi connectivity index (χ3n) is 3.15. The summed E-state index contributed by atoms with van der Waals surface area (Å²) >= 11 is 0. The number of nitro groups is 1. The highest BCUT2D eigenvalue weighted by Gasteiger charge is 2.20. The van der Waals surface area contributed by atoms with Crippen LogP contribution in [0.15, 0.2) is 18.2 Å². The van der Waals surface area contributed by atoms with Crippen LogP contribution in [0.1, 0.15) is 24.8 Å². The lowest BCUT2D eigenvalue weighted by Crippen LogP contribution is -2.29. The molecule has 2 rings (SSSR count). The van der Waals surface area contributed by atoms with E-state index in [-0.39, 0.29) is 11.4 Å². The normalized spacial score (nSPS) is 16.9. The summed E-state index contributed by atoms with van der Waals surface area (Å²) in [4.78, 5) is 12.6. The van der Waals surface area contributed by atoms with Gasteiger partial charge in [0, 0.05) is 12.6 Å². The number of phenols is 1. The van der Waals surface area contributed by atoms with Gasteiger partial charge in [-0.1, -0.05) is 12.5 Å². The number of nitrogens with zero attached hydrogens (tertiary/aromatic N) is 2. The fourth-order valence-electron chi connectivity index (χ4n) is 2.24. The van der Waals surface area contributed by atoms with Crippen LogP contribution in [-0.4, -0.2) is 28.0 Å². The van der Waals surface area contributed by atoms with Gasteiger partial charge in [-0.05, 0) is 32.0 Å². The fourth-order valence-corrected chi connectivity index (χ4v) is 2.24. The molecule has 1 aromatic carbocycles. The molecule has 1 heterocycles. The van der Waals surface area contributed by atoms with Crippen LogP contribution in [0.3, 0.4) is 0 Å². The minimum absolute atomic E-state index is 0.00979. The van der Waals surface area contributed by atoms with E-state index in [2.05, 4.69) is 4.90 Å². The monoisotopic (exact) mass is 236 g/mol. The topological polar surface area (TPSA) is 66.6 Å². The van der Waals surface area contributed by atoms with Gasteiger partial charge in [0.25, 0.3) is 5.69 Å². The van der Waals surface area contributed by atoms with Gasteiger partial charge in [-0.25, -0.2) is 0 Å². The summed E-state index contributed by atoms with van der Waals surface area (Å²) in [5.41, 5.74) is 0.440. The molecule has 0 amide bonds. The Labute approximate surface area is 99.8 Å². The van der Waals surface area contributed by atoms with E-state index in [9.17, 15) is 15.2 Å². The first kappa shape index (κ1) is 11.9. The van der Waals surface area contributed by atoms with Crippen molar-refractivity contribution in [1.82, 2.24) is 4.90 Å². The number of rotatable bonds is 3. The van der Waals surface area contributed by atoms with Crippen molar-refractivity contribution in [1.29, 1.82) is 0 Å². The van der Waals surface area contributed by atoms with Crippen LogP contribution in [0.5, 0.6) is 5.75 Å². The maximum Gasteiger partial charge on any atom is 0.277 e. The first-order valence-corrected chi connectivity index (χ1v) is 5.86. The summed E-state index contributed by atoms with van der Waals surface area (Å²) in [6.07, 6.45) is 3.47. The molecule has 0 atom stereocenters. The van der Waals surface area contributed by atoms with Crippen LogP contribution in [0.4, 0.5) is 5.69 Å². The van der Waals surface area contributed by atoms with Gasteiger partial charge in [-0.3, -0.25) is 15.0 Å². The zero-order valence-corrected chi connectivity index (χ0v) is 9.63. The molecular formula is C12H16N2O3. The number of nitro benzene ring substituents is 1. The Balaban J connectivity index is 2.21. The van der Waals surface area contributed by atoms with E-state index in [1.54, 1.807) is 0 Å². The first-order chi connectivity index (χ1) is 8.18. The smallest absolute Gasteiger partial charge is 0.277 e. The SMILES string of the molecule is O=[N+]([O-])c1cccc(O)c1CN1CCCCC1. The molecule has 1 aliphatic rings. The van der Waals surface area contributed by atoms with Crippen LogP contribution in [0.25, 0.3) is 0 Å². The summed E-state index contributed by atoms with van der Waals surface area (Å²) in [6, 6.07) is 4.46. The highest BCUT2D eigenvalue weighted by atomic mass is 16.6. The summed E-state index contributed by atoms with van der Waals surface area (Å²) in [6.45, 7) is 2.36. The van der Waals surface area contributed by atoms with Gasteiger partial charge >= 0.3 is 0 Å². The summed E-state index contributed by atoms with van der Waals surface area (Å²) < 4.78 is 0. The highest BCUT2D eigenvalue weighted by Crippen LogP contribution is 2.29. The molecule has 0 aliphatic carbocycles. The average Bonchev–Trinajstić information content (AvgIpc) is 2.33. The van der Waals surface area contributed by atoms with Crippen molar-refractivity contribution in [3.8, 4) is 5.75 Å². The van der Waals surface area contributed by atoms with Crippen molar-refractivity contribution < 1.29 is 10.0 Å². The Morgan fingerprint density at radius 1 is 1.29 bits per heavy atom. The molecule has 0 spiro atoms. The summed E-state index contributed by atoms with van der Waals surface area (Å²) in [5.74, 6) is 0.0183. The maximum absolute atomic E-state index is 10.9. The molecule has 0 unspecified atom stereocenters. The second-order valence-corrected chi connectivity index (χ2v) is 4.37.